The fourth-order valence-electron chi connectivity index (χ4n) is 2.93. The van der Waals surface area contributed by atoms with Crippen molar-refractivity contribution in [2.45, 2.75) is 32.6 Å². The minimum absolute atomic E-state index is 0.00666. The molecule has 2 N–H and O–H groups in total. The Balaban J connectivity index is 2.00. The number of carbonyl (C=O) groups excluding carboxylic acids is 1. The van der Waals surface area contributed by atoms with Crippen LogP contribution in [-0.4, -0.2) is 30.5 Å². The van der Waals surface area contributed by atoms with E-state index in [4.69, 9.17) is 4.98 Å². The first-order chi connectivity index (χ1) is 11.1. The van der Waals surface area contributed by atoms with Crippen LogP contribution in [-0.2, 0) is 0 Å². The number of hydrogen-bond acceptors (Lipinski definition) is 3. The van der Waals surface area contributed by atoms with Crippen LogP contribution in [0.3, 0.4) is 0 Å². The minimum atomic E-state index is -0.00666. The van der Waals surface area contributed by atoms with E-state index in [0.29, 0.717) is 12.5 Å². The molecule has 1 amide bonds. The summed E-state index contributed by atoms with van der Waals surface area (Å²) in [5.41, 5.74) is 3.79. The van der Waals surface area contributed by atoms with E-state index >= 15 is 0 Å². The number of aromatic nitrogens is 1. The molecule has 1 aromatic heterocycles. The van der Waals surface area contributed by atoms with Gasteiger partial charge in [0.2, 0.25) is 0 Å². The predicted octanol–water partition coefficient (Wildman–Crippen LogP) is 3.52. The summed E-state index contributed by atoms with van der Waals surface area (Å²) >= 11 is 3.50. The van der Waals surface area contributed by atoms with Gasteiger partial charge in [0.25, 0.3) is 5.91 Å². The highest BCUT2D eigenvalue weighted by Gasteiger charge is 2.29. The first kappa shape index (κ1) is 16.4. The first-order valence-corrected chi connectivity index (χ1v) is 8.99. The van der Waals surface area contributed by atoms with Gasteiger partial charge in [-0.25, -0.2) is 0 Å². The monoisotopic (exact) mass is 375 g/mol. The number of amides is 1. The van der Waals surface area contributed by atoms with Crippen LogP contribution in [0.2, 0.25) is 0 Å². The Morgan fingerprint density at radius 2 is 2.13 bits per heavy atom. The van der Waals surface area contributed by atoms with Crippen molar-refractivity contribution in [2.24, 2.45) is 0 Å². The molecule has 1 aliphatic rings. The lowest BCUT2D eigenvalue weighted by Gasteiger charge is -2.15. The molecule has 2 aromatic rings. The zero-order chi connectivity index (χ0) is 16.4. The Hall–Kier alpha value is -1.46. The van der Waals surface area contributed by atoms with E-state index < -0.39 is 0 Å². The number of pyridine rings is 1. The molecule has 1 aliphatic carbocycles. The van der Waals surface area contributed by atoms with E-state index in [9.17, 15) is 4.79 Å². The molecule has 1 aromatic carbocycles. The third kappa shape index (κ3) is 3.56. The number of nitrogens with one attached hydrogen (secondary N) is 2. The quantitative estimate of drug-likeness (QED) is 0.759. The molecular weight excluding hydrogens is 354 g/mol. The average molecular weight is 376 g/mol. The van der Waals surface area contributed by atoms with Gasteiger partial charge >= 0.3 is 0 Å². The molecule has 0 unspecified atom stereocenters. The number of nitrogens with zero attached hydrogens (tertiary/aromatic N) is 1. The third-order valence-electron chi connectivity index (χ3n) is 4.26. The molecule has 0 aliphatic heterocycles. The van der Waals surface area contributed by atoms with E-state index in [1.54, 1.807) is 0 Å². The van der Waals surface area contributed by atoms with Gasteiger partial charge in [-0.1, -0.05) is 22.9 Å². The molecule has 1 fully saturated rings. The fourth-order valence-corrected chi connectivity index (χ4v) is 3.29. The standard InChI is InChI=1S/C18H22BrN3O/c1-3-20-8-9-21-18(23)16-11(2)17(12-4-5-12)22-15-7-6-13(19)10-14(15)16/h6-7,10,12,20H,3-5,8-9H2,1-2H3,(H,21,23). The number of halogens is 1. The molecule has 1 heterocycles. The Labute approximate surface area is 145 Å². The zero-order valence-electron chi connectivity index (χ0n) is 13.6. The molecule has 0 radical (unpaired) electrons. The number of benzene rings is 1. The molecule has 0 spiro atoms. The lowest BCUT2D eigenvalue weighted by molar-refractivity contribution is 0.0955. The third-order valence-corrected chi connectivity index (χ3v) is 4.75. The van der Waals surface area contributed by atoms with Crippen LogP contribution in [0, 0.1) is 6.92 Å². The topological polar surface area (TPSA) is 54.0 Å². The maximum atomic E-state index is 12.8. The van der Waals surface area contributed by atoms with E-state index in [1.807, 2.05) is 25.1 Å². The summed E-state index contributed by atoms with van der Waals surface area (Å²) in [6.07, 6.45) is 2.36. The lowest BCUT2D eigenvalue weighted by atomic mass is 9.98. The highest BCUT2D eigenvalue weighted by molar-refractivity contribution is 9.10. The molecule has 5 heteroatoms. The molecular formula is C18H22BrN3O. The number of fused-ring (bicyclic) bond motifs is 1. The predicted molar refractivity (Wildman–Crippen MR) is 97.0 cm³/mol. The largest absolute Gasteiger partial charge is 0.351 e. The number of rotatable bonds is 6. The Bertz CT molecular complexity index is 741. The summed E-state index contributed by atoms with van der Waals surface area (Å²) in [5.74, 6) is 0.518. The minimum Gasteiger partial charge on any atom is -0.351 e. The summed E-state index contributed by atoms with van der Waals surface area (Å²) in [6, 6.07) is 5.96. The zero-order valence-corrected chi connectivity index (χ0v) is 15.2. The van der Waals surface area contributed by atoms with Gasteiger partial charge in [-0.2, -0.15) is 0 Å². The molecule has 3 rings (SSSR count). The second kappa shape index (κ2) is 6.97. The van der Waals surface area contributed by atoms with Crippen molar-refractivity contribution in [2.75, 3.05) is 19.6 Å². The number of likely N-dealkylation sites (N-methyl/N-ethyl adjacent to an activating group) is 1. The highest BCUT2D eigenvalue weighted by atomic mass is 79.9. The first-order valence-electron chi connectivity index (χ1n) is 8.20. The van der Waals surface area contributed by atoms with Crippen molar-refractivity contribution < 1.29 is 4.79 Å². The summed E-state index contributed by atoms with van der Waals surface area (Å²) < 4.78 is 0.965. The van der Waals surface area contributed by atoms with Gasteiger partial charge in [0.1, 0.15) is 0 Å². The fraction of sp³-hybridized carbons (Fsp3) is 0.444. The maximum absolute atomic E-state index is 12.8. The van der Waals surface area contributed by atoms with Gasteiger partial charge < -0.3 is 10.6 Å². The van der Waals surface area contributed by atoms with Crippen molar-refractivity contribution >= 4 is 32.7 Å². The van der Waals surface area contributed by atoms with Crippen LogP contribution < -0.4 is 10.6 Å². The lowest BCUT2D eigenvalue weighted by Crippen LogP contribution is -2.32. The summed E-state index contributed by atoms with van der Waals surface area (Å²) in [7, 11) is 0. The Morgan fingerprint density at radius 1 is 1.35 bits per heavy atom. The van der Waals surface area contributed by atoms with Crippen molar-refractivity contribution in [3.05, 3.63) is 39.5 Å². The second-order valence-electron chi connectivity index (χ2n) is 6.04. The van der Waals surface area contributed by atoms with Crippen LogP contribution in [0.1, 0.15) is 47.3 Å². The van der Waals surface area contributed by atoms with E-state index in [2.05, 4.69) is 33.5 Å². The van der Waals surface area contributed by atoms with Gasteiger partial charge in [0, 0.05) is 34.6 Å². The molecule has 0 bridgehead atoms. The van der Waals surface area contributed by atoms with Gasteiger partial charge in [-0.05, 0) is 50.1 Å². The van der Waals surface area contributed by atoms with Crippen LogP contribution in [0.4, 0.5) is 0 Å². The van der Waals surface area contributed by atoms with Crippen molar-refractivity contribution in [1.82, 2.24) is 15.6 Å². The maximum Gasteiger partial charge on any atom is 0.252 e. The van der Waals surface area contributed by atoms with Crippen LogP contribution >= 0.6 is 15.9 Å². The smallest absolute Gasteiger partial charge is 0.252 e. The molecule has 122 valence electrons. The van der Waals surface area contributed by atoms with Crippen LogP contribution in [0.5, 0.6) is 0 Å². The van der Waals surface area contributed by atoms with Gasteiger partial charge in [-0.3, -0.25) is 9.78 Å². The van der Waals surface area contributed by atoms with Crippen LogP contribution in [0.15, 0.2) is 22.7 Å². The molecule has 0 saturated heterocycles. The second-order valence-corrected chi connectivity index (χ2v) is 6.96. The van der Waals surface area contributed by atoms with E-state index in [0.717, 1.165) is 45.3 Å². The summed E-state index contributed by atoms with van der Waals surface area (Å²) in [6.45, 7) is 6.40. The SMILES string of the molecule is CCNCCNC(=O)c1c(C)c(C2CC2)nc2ccc(Br)cc12. The van der Waals surface area contributed by atoms with Crippen molar-refractivity contribution in [3.8, 4) is 0 Å². The normalized spacial score (nSPS) is 14.2. The van der Waals surface area contributed by atoms with Gasteiger partial charge in [0.05, 0.1) is 11.1 Å². The van der Waals surface area contributed by atoms with Crippen molar-refractivity contribution in [3.63, 3.8) is 0 Å². The van der Waals surface area contributed by atoms with Gasteiger partial charge in [0.15, 0.2) is 0 Å². The van der Waals surface area contributed by atoms with Gasteiger partial charge in [-0.15, -0.1) is 0 Å². The van der Waals surface area contributed by atoms with E-state index in [1.165, 1.54) is 12.8 Å². The molecule has 1 saturated carbocycles. The highest BCUT2D eigenvalue weighted by Crippen LogP contribution is 2.42. The molecule has 0 atom stereocenters. The Morgan fingerprint density at radius 3 is 2.83 bits per heavy atom. The molecule has 23 heavy (non-hydrogen) atoms. The molecule has 4 nitrogen and oxygen atoms in total. The van der Waals surface area contributed by atoms with E-state index in [-0.39, 0.29) is 5.91 Å². The van der Waals surface area contributed by atoms with Crippen molar-refractivity contribution in [1.29, 1.82) is 0 Å². The summed E-state index contributed by atoms with van der Waals surface area (Å²) in [4.78, 5) is 17.6. The number of hydrogen-bond donors (Lipinski definition) is 2. The Kier molecular flexibility index (Phi) is 4.97. The average Bonchev–Trinajstić information content (AvgIpc) is 3.35. The number of carbonyl (C=O) groups is 1. The van der Waals surface area contributed by atoms with Crippen LogP contribution in [0.25, 0.3) is 10.9 Å². The summed E-state index contributed by atoms with van der Waals surface area (Å²) in [5, 5.41) is 7.17.